The molecule has 2 aromatic rings. The van der Waals surface area contributed by atoms with Crippen LogP contribution in [0.3, 0.4) is 0 Å². The SMILES string of the molecule is Cc1ccnc2c(C#N)c(=O)[nH]c(N)c12. The normalized spacial score (nSPS) is 10.1. The Labute approximate surface area is 85.2 Å². The minimum Gasteiger partial charge on any atom is -0.385 e. The molecule has 5 nitrogen and oxygen atoms in total. The highest BCUT2D eigenvalue weighted by Gasteiger charge is 2.11. The van der Waals surface area contributed by atoms with Gasteiger partial charge in [-0.3, -0.25) is 9.78 Å². The first-order chi connectivity index (χ1) is 7.15. The lowest BCUT2D eigenvalue weighted by Gasteiger charge is -2.04. The van der Waals surface area contributed by atoms with E-state index in [0.717, 1.165) is 5.56 Å². The smallest absolute Gasteiger partial charge is 0.269 e. The molecule has 0 bridgehead atoms. The summed E-state index contributed by atoms with van der Waals surface area (Å²) < 4.78 is 0. The zero-order valence-corrected chi connectivity index (χ0v) is 8.03. The Hall–Kier alpha value is -2.35. The highest BCUT2D eigenvalue weighted by atomic mass is 16.1. The summed E-state index contributed by atoms with van der Waals surface area (Å²) in [6.45, 7) is 1.85. The van der Waals surface area contributed by atoms with Gasteiger partial charge in [-0.1, -0.05) is 0 Å². The monoisotopic (exact) mass is 200 g/mol. The van der Waals surface area contributed by atoms with Gasteiger partial charge in [0.15, 0.2) is 0 Å². The molecule has 0 saturated carbocycles. The van der Waals surface area contributed by atoms with E-state index in [0.29, 0.717) is 10.9 Å². The standard InChI is InChI=1S/C10H8N4O/c1-5-2-3-13-8-6(4-11)10(15)14-9(12)7(5)8/h2-3H,1H3,(H3,12,14,15). The number of hydrogen-bond acceptors (Lipinski definition) is 4. The van der Waals surface area contributed by atoms with Gasteiger partial charge >= 0.3 is 0 Å². The maximum atomic E-state index is 11.4. The van der Waals surface area contributed by atoms with Crippen molar-refractivity contribution in [1.82, 2.24) is 9.97 Å². The number of nitrogens with one attached hydrogen (secondary N) is 1. The largest absolute Gasteiger partial charge is 0.385 e. The molecule has 0 aliphatic rings. The van der Waals surface area contributed by atoms with E-state index < -0.39 is 5.56 Å². The third-order valence-corrected chi connectivity index (χ3v) is 2.25. The van der Waals surface area contributed by atoms with Crippen LogP contribution in [0.1, 0.15) is 11.1 Å². The predicted octanol–water partition coefficient (Wildman–Crippen LogP) is 0.685. The molecule has 0 saturated heterocycles. The molecule has 0 aliphatic heterocycles. The number of nitrogens with two attached hydrogens (primary N) is 1. The molecule has 0 aliphatic carbocycles. The van der Waals surface area contributed by atoms with Crippen LogP contribution in [0.15, 0.2) is 17.1 Å². The van der Waals surface area contributed by atoms with Gasteiger partial charge in [0.2, 0.25) is 0 Å². The predicted molar refractivity (Wildman–Crippen MR) is 56.2 cm³/mol. The minimum atomic E-state index is -0.499. The van der Waals surface area contributed by atoms with Gasteiger partial charge in [0.25, 0.3) is 5.56 Å². The maximum absolute atomic E-state index is 11.4. The Morgan fingerprint density at radius 2 is 2.33 bits per heavy atom. The van der Waals surface area contributed by atoms with E-state index in [1.165, 1.54) is 0 Å². The number of aryl methyl sites for hydroxylation is 1. The van der Waals surface area contributed by atoms with Crippen molar-refractivity contribution >= 4 is 16.7 Å². The fraction of sp³-hybridized carbons (Fsp3) is 0.100. The summed E-state index contributed by atoms with van der Waals surface area (Å²) in [4.78, 5) is 17.8. The summed E-state index contributed by atoms with van der Waals surface area (Å²) in [5.74, 6) is 0.250. The number of aromatic amines is 1. The molecule has 2 aromatic heterocycles. The topological polar surface area (TPSA) is 95.6 Å². The number of fused-ring (bicyclic) bond motifs is 1. The van der Waals surface area contributed by atoms with Gasteiger partial charge in [0.1, 0.15) is 17.5 Å². The lowest BCUT2D eigenvalue weighted by atomic mass is 10.1. The van der Waals surface area contributed by atoms with Gasteiger partial charge in [0, 0.05) is 11.6 Å². The number of hydrogen-bond donors (Lipinski definition) is 2. The molecule has 2 rings (SSSR count). The first-order valence-corrected chi connectivity index (χ1v) is 4.32. The van der Waals surface area contributed by atoms with E-state index in [9.17, 15) is 4.79 Å². The second-order valence-electron chi connectivity index (χ2n) is 3.21. The molecule has 74 valence electrons. The van der Waals surface area contributed by atoms with Crippen molar-refractivity contribution in [2.75, 3.05) is 5.73 Å². The zero-order chi connectivity index (χ0) is 11.0. The molecule has 0 aromatic carbocycles. The van der Waals surface area contributed by atoms with Crippen LogP contribution in [0.2, 0.25) is 0 Å². The zero-order valence-electron chi connectivity index (χ0n) is 8.03. The minimum absolute atomic E-state index is 0.00269. The van der Waals surface area contributed by atoms with E-state index in [1.54, 1.807) is 12.3 Å². The van der Waals surface area contributed by atoms with Crippen LogP contribution in [0.5, 0.6) is 0 Å². The van der Waals surface area contributed by atoms with Crippen molar-refractivity contribution in [2.45, 2.75) is 6.92 Å². The first kappa shape index (κ1) is 9.21. The van der Waals surface area contributed by atoms with Crippen LogP contribution in [-0.4, -0.2) is 9.97 Å². The van der Waals surface area contributed by atoms with Crippen LogP contribution < -0.4 is 11.3 Å². The number of nitriles is 1. The Kier molecular flexibility index (Phi) is 1.90. The van der Waals surface area contributed by atoms with Gasteiger partial charge in [0.05, 0.1) is 5.52 Å². The first-order valence-electron chi connectivity index (χ1n) is 4.32. The summed E-state index contributed by atoms with van der Waals surface area (Å²) in [7, 11) is 0. The number of nitrogens with zero attached hydrogens (tertiary/aromatic N) is 2. The molecular weight excluding hydrogens is 192 g/mol. The van der Waals surface area contributed by atoms with Crippen molar-refractivity contribution in [2.24, 2.45) is 0 Å². The van der Waals surface area contributed by atoms with Crippen molar-refractivity contribution in [3.8, 4) is 6.07 Å². The molecule has 0 unspecified atom stereocenters. The summed E-state index contributed by atoms with van der Waals surface area (Å²) in [6, 6.07) is 3.61. The van der Waals surface area contributed by atoms with E-state index >= 15 is 0 Å². The number of H-pyrrole nitrogens is 1. The van der Waals surface area contributed by atoms with Gasteiger partial charge in [-0.2, -0.15) is 5.26 Å². The average molecular weight is 200 g/mol. The molecule has 5 heteroatoms. The van der Waals surface area contributed by atoms with Crippen LogP contribution >= 0.6 is 0 Å². The molecule has 0 atom stereocenters. The number of aromatic nitrogens is 2. The van der Waals surface area contributed by atoms with E-state index in [1.807, 2.05) is 13.0 Å². The van der Waals surface area contributed by atoms with Crippen molar-refractivity contribution in [3.63, 3.8) is 0 Å². The Bertz CT molecular complexity index is 636. The highest BCUT2D eigenvalue weighted by molar-refractivity contribution is 5.93. The number of nitrogen functional groups attached to an aromatic ring is 1. The number of anilines is 1. The lowest BCUT2D eigenvalue weighted by molar-refractivity contribution is 1.22. The highest BCUT2D eigenvalue weighted by Crippen LogP contribution is 2.21. The molecule has 0 amide bonds. The van der Waals surface area contributed by atoms with E-state index in [-0.39, 0.29) is 11.4 Å². The average Bonchev–Trinajstić information content (AvgIpc) is 2.17. The third-order valence-electron chi connectivity index (χ3n) is 2.25. The second-order valence-corrected chi connectivity index (χ2v) is 3.21. The van der Waals surface area contributed by atoms with Crippen LogP contribution in [-0.2, 0) is 0 Å². The third kappa shape index (κ3) is 1.23. The summed E-state index contributed by atoms with van der Waals surface area (Å²) in [5.41, 5.74) is 6.42. The number of rotatable bonds is 0. The van der Waals surface area contributed by atoms with Crippen LogP contribution in [0.4, 0.5) is 5.82 Å². The maximum Gasteiger partial charge on any atom is 0.269 e. The van der Waals surface area contributed by atoms with Gasteiger partial charge in [-0.15, -0.1) is 0 Å². The Morgan fingerprint density at radius 3 is 3.00 bits per heavy atom. The Morgan fingerprint density at radius 1 is 1.60 bits per heavy atom. The van der Waals surface area contributed by atoms with E-state index in [2.05, 4.69) is 9.97 Å². The fourth-order valence-electron chi connectivity index (χ4n) is 1.55. The Balaban J connectivity index is 3.12. The van der Waals surface area contributed by atoms with E-state index in [4.69, 9.17) is 11.0 Å². The fourth-order valence-corrected chi connectivity index (χ4v) is 1.55. The van der Waals surface area contributed by atoms with Crippen molar-refractivity contribution in [1.29, 1.82) is 5.26 Å². The van der Waals surface area contributed by atoms with Gasteiger partial charge in [-0.05, 0) is 18.6 Å². The molecule has 0 spiro atoms. The van der Waals surface area contributed by atoms with Crippen LogP contribution in [0.25, 0.3) is 10.9 Å². The summed E-state index contributed by atoms with van der Waals surface area (Å²) in [5, 5.41) is 9.48. The molecule has 0 radical (unpaired) electrons. The summed E-state index contributed by atoms with van der Waals surface area (Å²) in [6.07, 6.45) is 1.55. The second kappa shape index (κ2) is 3.10. The summed E-state index contributed by atoms with van der Waals surface area (Å²) >= 11 is 0. The van der Waals surface area contributed by atoms with Gasteiger partial charge in [-0.25, -0.2) is 0 Å². The van der Waals surface area contributed by atoms with Crippen molar-refractivity contribution < 1.29 is 0 Å². The molecule has 0 fully saturated rings. The quantitative estimate of drug-likeness (QED) is 0.653. The molecular formula is C10H8N4O. The number of pyridine rings is 2. The van der Waals surface area contributed by atoms with Crippen molar-refractivity contribution in [3.05, 3.63) is 33.7 Å². The van der Waals surface area contributed by atoms with Gasteiger partial charge < -0.3 is 10.7 Å². The molecule has 15 heavy (non-hydrogen) atoms. The lowest BCUT2D eigenvalue weighted by Crippen LogP contribution is -2.14. The van der Waals surface area contributed by atoms with Crippen LogP contribution in [0, 0.1) is 18.3 Å². The molecule has 3 N–H and O–H groups in total. The molecule has 2 heterocycles.